The topological polar surface area (TPSA) is 103 Å². The first-order valence-electron chi connectivity index (χ1n) is 8.14. The molecule has 130 valence electrons. The Balaban J connectivity index is 1.65. The highest BCUT2D eigenvalue weighted by molar-refractivity contribution is 5.90. The van der Waals surface area contributed by atoms with E-state index >= 15 is 0 Å². The van der Waals surface area contributed by atoms with Crippen molar-refractivity contribution in [1.82, 2.24) is 9.97 Å². The molecule has 0 saturated carbocycles. The standard InChI is InChI=1S/C21H13N3O3/c22-12-15(20-23-17-3-1-2-4-18(17)24-20)11-16-9-10-19(27-16)13-5-7-14(8-6-13)21(25)26/h1-11H,(H,23,24)(H,25,26)/b15-11-. The van der Waals surface area contributed by atoms with Gasteiger partial charge in [-0.05, 0) is 36.4 Å². The number of nitrogens with zero attached hydrogens (tertiary/aromatic N) is 2. The summed E-state index contributed by atoms with van der Waals surface area (Å²) in [4.78, 5) is 18.5. The summed E-state index contributed by atoms with van der Waals surface area (Å²) in [6.07, 6.45) is 1.62. The largest absolute Gasteiger partial charge is 0.478 e. The van der Waals surface area contributed by atoms with E-state index in [1.807, 2.05) is 24.3 Å². The molecule has 0 spiro atoms. The summed E-state index contributed by atoms with van der Waals surface area (Å²) in [5, 5.41) is 18.5. The van der Waals surface area contributed by atoms with Gasteiger partial charge in [0.1, 0.15) is 23.4 Å². The van der Waals surface area contributed by atoms with E-state index in [-0.39, 0.29) is 5.56 Å². The number of allylic oxidation sites excluding steroid dienone is 1. The SMILES string of the molecule is N#C/C(=C/c1ccc(-c2ccc(C(=O)O)cc2)o1)c1nc2ccccc2[nH]1. The summed E-state index contributed by atoms with van der Waals surface area (Å²) in [6, 6.07) is 19.6. The number of para-hydroxylation sites is 2. The van der Waals surface area contributed by atoms with E-state index in [1.54, 1.807) is 30.3 Å². The molecular weight excluding hydrogens is 342 g/mol. The Bertz CT molecular complexity index is 1170. The fourth-order valence-corrected chi connectivity index (χ4v) is 2.74. The van der Waals surface area contributed by atoms with Crippen LogP contribution in [0.1, 0.15) is 21.9 Å². The zero-order chi connectivity index (χ0) is 18.8. The maximum atomic E-state index is 10.9. The van der Waals surface area contributed by atoms with Crippen LogP contribution < -0.4 is 0 Å². The van der Waals surface area contributed by atoms with Crippen molar-refractivity contribution in [3.63, 3.8) is 0 Å². The van der Waals surface area contributed by atoms with Crippen LogP contribution in [0.2, 0.25) is 0 Å². The number of aromatic carboxylic acids is 1. The summed E-state index contributed by atoms with van der Waals surface area (Å²) >= 11 is 0. The molecule has 2 N–H and O–H groups in total. The molecule has 0 aliphatic heterocycles. The van der Waals surface area contributed by atoms with E-state index in [9.17, 15) is 10.1 Å². The van der Waals surface area contributed by atoms with Crippen LogP contribution in [0.15, 0.2) is 65.1 Å². The van der Waals surface area contributed by atoms with Crippen LogP contribution in [0.5, 0.6) is 0 Å². The van der Waals surface area contributed by atoms with Crippen molar-refractivity contribution in [2.75, 3.05) is 0 Å². The summed E-state index contributed by atoms with van der Waals surface area (Å²) in [5.41, 5.74) is 2.96. The number of fused-ring (bicyclic) bond motifs is 1. The lowest BCUT2D eigenvalue weighted by atomic mass is 10.1. The fraction of sp³-hybridized carbons (Fsp3) is 0. The molecule has 0 aliphatic carbocycles. The minimum Gasteiger partial charge on any atom is -0.478 e. The van der Waals surface area contributed by atoms with Crippen LogP contribution in [0.3, 0.4) is 0 Å². The molecule has 2 heterocycles. The number of carboxylic acids is 1. The fourth-order valence-electron chi connectivity index (χ4n) is 2.74. The maximum absolute atomic E-state index is 10.9. The van der Waals surface area contributed by atoms with Crippen LogP contribution >= 0.6 is 0 Å². The van der Waals surface area contributed by atoms with Crippen molar-refractivity contribution in [1.29, 1.82) is 5.26 Å². The zero-order valence-corrected chi connectivity index (χ0v) is 14.0. The van der Waals surface area contributed by atoms with Crippen molar-refractivity contribution < 1.29 is 14.3 Å². The highest BCUT2D eigenvalue weighted by Crippen LogP contribution is 2.25. The van der Waals surface area contributed by atoms with E-state index in [2.05, 4.69) is 16.0 Å². The lowest BCUT2D eigenvalue weighted by Crippen LogP contribution is -1.94. The first-order chi connectivity index (χ1) is 13.1. The predicted octanol–water partition coefficient (Wildman–Crippen LogP) is 4.59. The number of carboxylic acid groups (broad SMARTS) is 1. The Morgan fingerprint density at radius 1 is 1.11 bits per heavy atom. The second-order valence-electron chi connectivity index (χ2n) is 5.86. The van der Waals surface area contributed by atoms with Gasteiger partial charge in [0.05, 0.1) is 22.2 Å². The first-order valence-corrected chi connectivity index (χ1v) is 8.14. The molecule has 6 nitrogen and oxygen atoms in total. The van der Waals surface area contributed by atoms with Gasteiger partial charge in [0.2, 0.25) is 0 Å². The summed E-state index contributed by atoms with van der Waals surface area (Å²) in [6.45, 7) is 0. The molecule has 2 aromatic heterocycles. The Labute approximate surface area is 154 Å². The van der Waals surface area contributed by atoms with E-state index in [0.29, 0.717) is 22.9 Å². The molecule has 4 aromatic rings. The van der Waals surface area contributed by atoms with E-state index in [0.717, 1.165) is 16.6 Å². The second kappa shape index (κ2) is 6.65. The van der Waals surface area contributed by atoms with E-state index in [4.69, 9.17) is 9.52 Å². The van der Waals surface area contributed by atoms with E-state index in [1.165, 1.54) is 12.1 Å². The Morgan fingerprint density at radius 2 is 1.89 bits per heavy atom. The number of H-pyrrole nitrogens is 1. The molecule has 6 heteroatoms. The number of furan rings is 1. The number of hydrogen-bond donors (Lipinski definition) is 2. The minimum atomic E-state index is -0.978. The number of carbonyl (C=O) groups is 1. The molecule has 0 atom stereocenters. The first kappa shape index (κ1) is 16.4. The van der Waals surface area contributed by atoms with Gasteiger partial charge in [0, 0.05) is 11.6 Å². The van der Waals surface area contributed by atoms with Crippen LogP contribution in [-0.4, -0.2) is 21.0 Å². The Kier molecular flexibility index (Phi) is 4.03. The zero-order valence-electron chi connectivity index (χ0n) is 14.0. The number of imidazole rings is 1. The van der Waals surface area contributed by atoms with E-state index < -0.39 is 5.97 Å². The van der Waals surface area contributed by atoms with Gasteiger partial charge in [-0.25, -0.2) is 9.78 Å². The smallest absolute Gasteiger partial charge is 0.335 e. The minimum absolute atomic E-state index is 0.210. The number of aromatic nitrogens is 2. The van der Waals surface area contributed by atoms with Crippen molar-refractivity contribution in [2.24, 2.45) is 0 Å². The molecular formula is C21H13N3O3. The van der Waals surface area contributed by atoms with Crippen LogP contribution in [-0.2, 0) is 0 Å². The number of benzene rings is 2. The highest BCUT2D eigenvalue weighted by Gasteiger charge is 2.10. The molecule has 0 aliphatic rings. The molecule has 0 saturated heterocycles. The predicted molar refractivity (Wildman–Crippen MR) is 101 cm³/mol. The lowest BCUT2D eigenvalue weighted by Gasteiger charge is -1.98. The average molecular weight is 355 g/mol. The number of nitriles is 1. The lowest BCUT2D eigenvalue weighted by molar-refractivity contribution is 0.0697. The van der Waals surface area contributed by atoms with Crippen molar-refractivity contribution in [2.45, 2.75) is 0 Å². The number of aromatic amines is 1. The molecule has 0 amide bonds. The molecule has 0 unspecified atom stereocenters. The normalized spacial score (nSPS) is 11.4. The monoisotopic (exact) mass is 355 g/mol. The molecule has 0 radical (unpaired) electrons. The molecule has 4 rings (SSSR count). The highest BCUT2D eigenvalue weighted by atomic mass is 16.4. The third kappa shape index (κ3) is 3.22. The quantitative estimate of drug-likeness (QED) is 0.521. The van der Waals surface area contributed by atoms with Crippen LogP contribution in [0.4, 0.5) is 0 Å². The van der Waals surface area contributed by atoms with Gasteiger partial charge in [0.15, 0.2) is 0 Å². The molecule has 2 aromatic carbocycles. The maximum Gasteiger partial charge on any atom is 0.335 e. The van der Waals surface area contributed by atoms with Crippen LogP contribution in [0, 0.1) is 11.3 Å². The number of hydrogen-bond acceptors (Lipinski definition) is 4. The number of rotatable bonds is 4. The molecule has 0 bridgehead atoms. The van der Waals surface area contributed by atoms with Gasteiger partial charge < -0.3 is 14.5 Å². The van der Waals surface area contributed by atoms with Gasteiger partial charge >= 0.3 is 5.97 Å². The van der Waals surface area contributed by atoms with Gasteiger partial charge in [-0.15, -0.1) is 0 Å². The Hall–Kier alpha value is -4.11. The van der Waals surface area contributed by atoms with Crippen molar-refractivity contribution in [3.8, 4) is 17.4 Å². The number of nitrogens with one attached hydrogen (secondary N) is 1. The second-order valence-corrected chi connectivity index (χ2v) is 5.86. The molecule has 0 fully saturated rings. The summed E-state index contributed by atoms with van der Waals surface area (Å²) in [5.74, 6) is 0.584. The third-order valence-electron chi connectivity index (χ3n) is 4.09. The summed E-state index contributed by atoms with van der Waals surface area (Å²) in [7, 11) is 0. The van der Waals surface area contributed by atoms with Crippen molar-refractivity contribution in [3.05, 3.63) is 77.8 Å². The van der Waals surface area contributed by atoms with Gasteiger partial charge in [-0.2, -0.15) is 5.26 Å². The molecule has 27 heavy (non-hydrogen) atoms. The Morgan fingerprint density at radius 3 is 2.59 bits per heavy atom. The van der Waals surface area contributed by atoms with Crippen LogP contribution in [0.25, 0.3) is 34.0 Å². The van der Waals surface area contributed by atoms with Crippen molar-refractivity contribution >= 4 is 28.7 Å². The third-order valence-corrected chi connectivity index (χ3v) is 4.09. The van der Waals surface area contributed by atoms with Gasteiger partial charge in [-0.3, -0.25) is 0 Å². The van der Waals surface area contributed by atoms with Gasteiger partial charge in [0.25, 0.3) is 0 Å². The van der Waals surface area contributed by atoms with Gasteiger partial charge in [-0.1, -0.05) is 24.3 Å². The average Bonchev–Trinajstić information content (AvgIpc) is 3.33. The summed E-state index contributed by atoms with van der Waals surface area (Å²) < 4.78 is 5.78.